The number of nitriles is 1. The molecule has 0 aliphatic heterocycles. The van der Waals surface area contributed by atoms with Gasteiger partial charge >= 0.3 is 0 Å². The summed E-state index contributed by atoms with van der Waals surface area (Å²) < 4.78 is 1.66. The molecule has 2 aromatic rings. The highest BCUT2D eigenvalue weighted by atomic mass is 16.1. The Labute approximate surface area is 146 Å². The molecule has 2 aromatic heterocycles. The average molecular weight is 335 g/mol. The number of nitrogens with zero attached hydrogens (tertiary/aromatic N) is 4. The summed E-state index contributed by atoms with van der Waals surface area (Å²) in [6, 6.07) is 2.79. The third kappa shape index (κ3) is 2.18. The van der Waals surface area contributed by atoms with Crippen molar-refractivity contribution in [1.29, 1.82) is 5.26 Å². The van der Waals surface area contributed by atoms with Gasteiger partial charge in [0.2, 0.25) is 0 Å². The SMILES string of the molecule is Cc1cnc2c(C(=O)NC3C4CC5CC3CC(C#N)(C5)C4)cnn2c1. The van der Waals surface area contributed by atoms with E-state index in [1.807, 2.05) is 13.1 Å². The standard InChI is InChI=1S/C19H21N5O/c1-11-7-21-17-15(8-22-24(17)9-11)18(25)23-16-13-2-12-3-14(16)6-19(4-12,5-13)10-20/h7-9,12-14,16H,2-6H2,1H3,(H,23,25). The number of amides is 1. The van der Waals surface area contributed by atoms with Gasteiger partial charge in [-0.3, -0.25) is 4.79 Å². The van der Waals surface area contributed by atoms with E-state index in [-0.39, 0.29) is 17.4 Å². The number of carbonyl (C=O) groups is 1. The van der Waals surface area contributed by atoms with Crippen molar-refractivity contribution in [1.82, 2.24) is 19.9 Å². The molecule has 0 spiro atoms. The normalized spacial score (nSPS) is 35.7. The lowest BCUT2D eigenvalue weighted by Gasteiger charge is -2.57. The number of aryl methyl sites for hydroxylation is 1. The van der Waals surface area contributed by atoms with Crippen LogP contribution in [0.2, 0.25) is 0 Å². The van der Waals surface area contributed by atoms with Crippen LogP contribution in [0.5, 0.6) is 0 Å². The van der Waals surface area contributed by atoms with Crippen LogP contribution in [-0.4, -0.2) is 26.5 Å². The van der Waals surface area contributed by atoms with Crippen LogP contribution in [0.4, 0.5) is 0 Å². The maximum absolute atomic E-state index is 12.9. The molecular formula is C19H21N5O. The summed E-state index contributed by atoms with van der Waals surface area (Å²) in [5, 5.41) is 17.2. The molecule has 1 N–H and O–H groups in total. The van der Waals surface area contributed by atoms with Gasteiger partial charge in [0.25, 0.3) is 5.91 Å². The zero-order valence-electron chi connectivity index (χ0n) is 14.3. The molecule has 6 rings (SSSR count). The molecule has 1 amide bonds. The summed E-state index contributed by atoms with van der Waals surface area (Å²) in [5.41, 5.74) is 2.01. The molecule has 2 heterocycles. The molecule has 25 heavy (non-hydrogen) atoms. The van der Waals surface area contributed by atoms with Crippen molar-refractivity contribution in [3.8, 4) is 6.07 Å². The van der Waals surface area contributed by atoms with E-state index in [4.69, 9.17) is 0 Å². The molecular weight excluding hydrogens is 314 g/mol. The fraction of sp³-hybridized carbons (Fsp3) is 0.579. The number of hydrogen-bond acceptors (Lipinski definition) is 4. The Hall–Kier alpha value is -2.42. The van der Waals surface area contributed by atoms with Gasteiger partial charge in [-0.2, -0.15) is 10.4 Å². The van der Waals surface area contributed by atoms with Crippen LogP contribution >= 0.6 is 0 Å². The average Bonchev–Trinajstić information content (AvgIpc) is 3.00. The van der Waals surface area contributed by atoms with E-state index in [0.717, 1.165) is 37.7 Å². The van der Waals surface area contributed by atoms with E-state index in [1.54, 1.807) is 16.9 Å². The van der Waals surface area contributed by atoms with E-state index in [2.05, 4.69) is 21.5 Å². The minimum absolute atomic E-state index is 0.0881. The van der Waals surface area contributed by atoms with Crippen LogP contribution in [0.3, 0.4) is 0 Å². The number of carbonyl (C=O) groups excluding carboxylic acids is 1. The van der Waals surface area contributed by atoms with Crippen molar-refractivity contribution in [2.75, 3.05) is 0 Å². The third-order valence-corrected chi connectivity index (χ3v) is 6.54. The quantitative estimate of drug-likeness (QED) is 0.914. The van der Waals surface area contributed by atoms with Crippen LogP contribution < -0.4 is 5.32 Å². The van der Waals surface area contributed by atoms with Gasteiger partial charge in [-0.15, -0.1) is 0 Å². The molecule has 2 atom stereocenters. The molecule has 6 heteroatoms. The lowest BCUT2D eigenvalue weighted by molar-refractivity contribution is -0.0451. The minimum Gasteiger partial charge on any atom is -0.349 e. The Morgan fingerprint density at radius 1 is 1.32 bits per heavy atom. The molecule has 0 radical (unpaired) electrons. The number of fused-ring (bicyclic) bond motifs is 1. The van der Waals surface area contributed by atoms with Gasteiger partial charge in [0, 0.05) is 18.4 Å². The van der Waals surface area contributed by atoms with Crippen molar-refractivity contribution < 1.29 is 4.79 Å². The van der Waals surface area contributed by atoms with Crippen molar-refractivity contribution in [3.63, 3.8) is 0 Å². The van der Waals surface area contributed by atoms with E-state index in [9.17, 15) is 10.1 Å². The molecule has 0 saturated heterocycles. The molecule has 4 saturated carbocycles. The highest BCUT2D eigenvalue weighted by molar-refractivity contribution is 5.99. The van der Waals surface area contributed by atoms with Gasteiger partial charge in [0.1, 0.15) is 5.56 Å². The zero-order chi connectivity index (χ0) is 17.2. The zero-order valence-corrected chi connectivity index (χ0v) is 14.3. The van der Waals surface area contributed by atoms with E-state index in [0.29, 0.717) is 29.0 Å². The van der Waals surface area contributed by atoms with Gasteiger partial charge in [-0.05, 0) is 62.3 Å². The number of aromatic nitrogens is 3. The largest absolute Gasteiger partial charge is 0.349 e. The van der Waals surface area contributed by atoms with Gasteiger partial charge in [0.15, 0.2) is 5.65 Å². The molecule has 4 aliphatic rings. The molecule has 4 bridgehead atoms. The van der Waals surface area contributed by atoms with Crippen LogP contribution in [-0.2, 0) is 0 Å². The van der Waals surface area contributed by atoms with E-state index >= 15 is 0 Å². The van der Waals surface area contributed by atoms with Crippen LogP contribution in [0.25, 0.3) is 5.65 Å². The fourth-order valence-corrected chi connectivity index (χ4v) is 5.75. The van der Waals surface area contributed by atoms with Crippen molar-refractivity contribution in [2.24, 2.45) is 23.2 Å². The Bertz CT molecular complexity index is 894. The first-order chi connectivity index (χ1) is 12.1. The monoisotopic (exact) mass is 335 g/mol. The highest BCUT2D eigenvalue weighted by Gasteiger charge is 2.56. The summed E-state index contributed by atoms with van der Waals surface area (Å²) in [7, 11) is 0. The van der Waals surface area contributed by atoms with Crippen molar-refractivity contribution in [3.05, 3.63) is 29.7 Å². The number of hydrogen-bond donors (Lipinski definition) is 1. The minimum atomic E-state index is -0.124. The highest BCUT2D eigenvalue weighted by Crippen LogP contribution is 2.59. The second-order valence-electron chi connectivity index (χ2n) is 8.32. The van der Waals surface area contributed by atoms with E-state index < -0.39 is 0 Å². The predicted octanol–water partition coefficient (Wildman–Crippen LogP) is 2.49. The second-order valence-corrected chi connectivity index (χ2v) is 8.32. The van der Waals surface area contributed by atoms with Crippen LogP contribution in [0, 0.1) is 41.4 Å². The maximum Gasteiger partial charge on any atom is 0.257 e. The molecule has 0 aromatic carbocycles. The Kier molecular flexibility index (Phi) is 3.00. The van der Waals surface area contributed by atoms with Gasteiger partial charge in [-0.1, -0.05) is 0 Å². The fourth-order valence-electron chi connectivity index (χ4n) is 5.75. The van der Waals surface area contributed by atoms with Gasteiger partial charge in [0.05, 0.1) is 17.7 Å². The van der Waals surface area contributed by atoms with E-state index in [1.165, 1.54) is 0 Å². The van der Waals surface area contributed by atoms with Crippen LogP contribution in [0.1, 0.15) is 48.0 Å². The van der Waals surface area contributed by atoms with Gasteiger partial charge < -0.3 is 5.32 Å². The van der Waals surface area contributed by atoms with Crippen molar-refractivity contribution >= 4 is 11.6 Å². The number of nitrogens with one attached hydrogen (secondary N) is 1. The lowest BCUT2D eigenvalue weighted by atomic mass is 9.48. The summed E-state index contributed by atoms with van der Waals surface area (Å²) >= 11 is 0. The first-order valence-corrected chi connectivity index (χ1v) is 9.09. The summed E-state index contributed by atoms with van der Waals surface area (Å²) in [4.78, 5) is 17.2. The molecule has 4 aliphatic carbocycles. The first kappa shape index (κ1) is 14.9. The Balaban J connectivity index is 1.40. The molecule has 128 valence electrons. The summed E-state index contributed by atoms with van der Waals surface area (Å²) in [5.74, 6) is 1.46. The Morgan fingerprint density at radius 3 is 2.80 bits per heavy atom. The summed E-state index contributed by atoms with van der Waals surface area (Å²) in [6.07, 6.45) is 10.5. The third-order valence-electron chi connectivity index (χ3n) is 6.54. The first-order valence-electron chi connectivity index (χ1n) is 9.09. The van der Waals surface area contributed by atoms with Crippen molar-refractivity contribution in [2.45, 2.75) is 45.1 Å². The topological polar surface area (TPSA) is 83.1 Å². The summed E-state index contributed by atoms with van der Waals surface area (Å²) in [6.45, 7) is 1.95. The van der Waals surface area contributed by atoms with Crippen LogP contribution in [0.15, 0.2) is 18.6 Å². The second kappa shape index (κ2) is 5.04. The smallest absolute Gasteiger partial charge is 0.257 e. The molecule has 2 unspecified atom stereocenters. The predicted molar refractivity (Wildman–Crippen MR) is 90.6 cm³/mol. The van der Waals surface area contributed by atoms with Gasteiger partial charge in [-0.25, -0.2) is 9.50 Å². The lowest BCUT2D eigenvalue weighted by Crippen LogP contribution is -2.58. The maximum atomic E-state index is 12.9. The number of rotatable bonds is 2. The molecule has 6 nitrogen and oxygen atoms in total. The molecule has 4 fully saturated rings. The Morgan fingerprint density at radius 2 is 2.08 bits per heavy atom.